The topological polar surface area (TPSA) is 59.8 Å². The molecule has 0 unspecified atom stereocenters. The van der Waals surface area contributed by atoms with Gasteiger partial charge in [-0.3, -0.25) is 14.3 Å². The lowest BCUT2D eigenvalue weighted by Crippen LogP contribution is -2.34. The van der Waals surface area contributed by atoms with E-state index in [1.807, 2.05) is 18.3 Å². The number of pyridine rings is 1. The van der Waals surface area contributed by atoms with Gasteiger partial charge < -0.3 is 5.32 Å². The van der Waals surface area contributed by atoms with Crippen LogP contribution in [0.2, 0.25) is 0 Å². The van der Waals surface area contributed by atoms with Crippen molar-refractivity contribution in [3.05, 3.63) is 58.0 Å². The molecule has 5 nitrogen and oxygen atoms in total. The van der Waals surface area contributed by atoms with E-state index >= 15 is 0 Å². The fourth-order valence-electron chi connectivity index (χ4n) is 2.35. The van der Waals surface area contributed by atoms with Crippen molar-refractivity contribution in [3.8, 4) is 0 Å². The zero-order chi connectivity index (χ0) is 13.1. The lowest BCUT2D eigenvalue weighted by Gasteiger charge is -2.16. The second kappa shape index (κ2) is 5.32. The summed E-state index contributed by atoms with van der Waals surface area (Å²) in [5, 5.41) is 3.23. The Balaban J connectivity index is 1.80. The van der Waals surface area contributed by atoms with Crippen LogP contribution in [0.4, 0.5) is 0 Å². The van der Waals surface area contributed by atoms with Crippen molar-refractivity contribution in [2.75, 3.05) is 6.54 Å². The SMILES string of the molecule is O=c1c2c(ncn1CCc1cccnc1)CNCC2. The monoisotopic (exact) mass is 256 g/mol. The van der Waals surface area contributed by atoms with Crippen LogP contribution in [0.15, 0.2) is 35.6 Å². The molecule has 19 heavy (non-hydrogen) atoms. The molecule has 3 heterocycles. The first-order valence-corrected chi connectivity index (χ1v) is 6.51. The van der Waals surface area contributed by atoms with Crippen LogP contribution in [0.5, 0.6) is 0 Å². The number of hydrogen-bond acceptors (Lipinski definition) is 4. The molecule has 2 aromatic heterocycles. The maximum absolute atomic E-state index is 12.3. The maximum Gasteiger partial charge on any atom is 0.256 e. The molecular formula is C14H16N4O. The Labute approximate surface area is 111 Å². The molecule has 0 saturated carbocycles. The predicted octanol–water partition coefficient (Wildman–Crippen LogP) is 0.527. The number of fused-ring (bicyclic) bond motifs is 1. The zero-order valence-electron chi connectivity index (χ0n) is 10.7. The van der Waals surface area contributed by atoms with E-state index < -0.39 is 0 Å². The van der Waals surface area contributed by atoms with Crippen LogP contribution in [0.25, 0.3) is 0 Å². The molecule has 0 fully saturated rings. The fourth-order valence-corrected chi connectivity index (χ4v) is 2.35. The van der Waals surface area contributed by atoms with E-state index in [0.717, 1.165) is 36.2 Å². The standard InChI is InChI=1S/C14H16N4O/c19-14-12-3-6-16-9-13(12)17-10-18(14)7-4-11-2-1-5-15-8-11/h1-2,5,8,10,16H,3-4,6-7,9H2. The number of nitrogens with zero attached hydrogens (tertiary/aromatic N) is 3. The third kappa shape index (κ3) is 2.56. The Hall–Kier alpha value is -2.01. The van der Waals surface area contributed by atoms with Crippen molar-refractivity contribution in [2.24, 2.45) is 0 Å². The first-order chi connectivity index (χ1) is 9.34. The fraction of sp³-hybridized carbons (Fsp3) is 0.357. The number of rotatable bonds is 3. The number of nitrogens with one attached hydrogen (secondary N) is 1. The molecule has 5 heteroatoms. The van der Waals surface area contributed by atoms with Crippen LogP contribution < -0.4 is 10.9 Å². The van der Waals surface area contributed by atoms with Gasteiger partial charge in [-0.25, -0.2) is 4.98 Å². The highest BCUT2D eigenvalue weighted by molar-refractivity contribution is 5.19. The highest BCUT2D eigenvalue weighted by Gasteiger charge is 2.14. The Bertz CT molecular complexity index is 621. The molecule has 0 aromatic carbocycles. The van der Waals surface area contributed by atoms with Gasteiger partial charge in [0.1, 0.15) is 0 Å². The lowest BCUT2D eigenvalue weighted by atomic mass is 10.1. The third-order valence-electron chi connectivity index (χ3n) is 3.43. The molecule has 0 spiro atoms. The van der Waals surface area contributed by atoms with Gasteiger partial charge in [0.25, 0.3) is 5.56 Å². The van der Waals surface area contributed by atoms with Crippen LogP contribution in [0.1, 0.15) is 16.8 Å². The Morgan fingerprint density at radius 1 is 1.42 bits per heavy atom. The molecule has 0 aliphatic carbocycles. The molecule has 0 atom stereocenters. The molecule has 0 radical (unpaired) electrons. The maximum atomic E-state index is 12.3. The smallest absolute Gasteiger partial charge is 0.256 e. The molecule has 0 saturated heterocycles. The summed E-state index contributed by atoms with van der Waals surface area (Å²) in [6, 6.07) is 3.93. The van der Waals surface area contributed by atoms with Gasteiger partial charge in [0.2, 0.25) is 0 Å². The van der Waals surface area contributed by atoms with Crippen molar-refractivity contribution in [3.63, 3.8) is 0 Å². The van der Waals surface area contributed by atoms with Crippen molar-refractivity contribution in [1.82, 2.24) is 19.9 Å². The summed E-state index contributed by atoms with van der Waals surface area (Å²) in [6.07, 6.45) is 6.82. The van der Waals surface area contributed by atoms with Crippen LogP contribution in [0, 0.1) is 0 Å². The third-order valence-corrected chi connectivity index (χ3v) is 3.43. The molecule has 2 aromatic rings. The van der Waals surface area contributed by atoms with E-state index in [1.54, 1.807) is 17.1 Å². The highest BCUT2D eigenvalue weighted by Crippen LogP contribution is 2.06. The second-order valence-electron chi connectivity index (χ2n) is 4.71. The second-order valence-corrected chi connectivity index (χ2v) is 4.71. The van der Waals surface area contributed by atoms with Gasteiger partial charge in [0.05, 0.1) is 12.0 Å². The summed E-state index contributed by atoms with van der Waals surface area (Å²) in [5.74, 6) is 0. The highest BCUT2D eigenvalue weighted by atomic mass is 16.1. The van der Waals surface area contributed by atoms with E-state index in [0.29, 0.717) is 13.1 Å². The van der Waals surface area contributed by atoms with Gasteiger partial charge in [-0.15, -0.1) is 0 Å². The summed E-state index contributed by atoms with van der Waals surface area (Å²) in [5.41, 5.74) is 3.01. The number of aryl methyl sites for hydroxylation is 2. The average molecular weight is 256 g/mol. The van der Waals surface area contributed by atoms with Crippen molar-refractivity contribution >= 4 is 0 Å². The number of aromatic nitrogens is 3. The zero-order valence-corrected chi connectivity index (χ0v) is 10.7. The van der Waals surface area contributed by atoms with Crippen LogP contribution >= 0.6 is 0 Å². The average Bonchev–Trinajstić information content (AvgIpc) is 2.48. The Morgan fingerprint density at radius 3 is 3.21 bits per heavy atom. The van der Waals surface area contributed by atoms with Gasteiger partial charge in [0.15, 0.2) is 0 Å². The summed E-state index contributed by atoms with van der Waals surface area (Å²) in [6.45, 7) is 2.21. The summed E-state index contributed by atoms with van der Waals surface area (Å²) < 4.78 is 1.71. The molecule has 3 rings (SSSR count). The van der Waals surface area contributed by atoms with Gasteiger partial charge in [-0.2, -0.15) is 0 Å². The van der Waals surface area contributed by atoms with Gasteiger partial charge in [-0.1, -0.05) is 6.07 Å². The largest absolute Gasteiger partial charge is 0.311 e. The van der Waals surface area contributed by atoms with E-state index in [2.05, 4.69) is 15.3 Å². The van der Waals surface area contributed by atoms with Crippen molar-refractivity contribution in [2.45, 2.75) is 25.9 Å². The van der Waals surface area contributed by atoms with E-state index in [1.165, 1.54) is 0 Å². The molecule has 1 aliphatic heterocycles. The number of hydrogen-bond donors (Lipinski definition) is 1. The van der Waals surface area contributed by atoms with E-state index in [9.17, 15) is 4.79 Å². The minimum Gasteiger partial charge on any atom is -0.311 e. The molecular weight excluding hydrogens is 240 g/mol. The minimum atomic E-state index is 0.107. The Morgan fingerprint density at radius 2 is 2.37 bits per heavy atom. The van der Waals surface area contributed by atoms with Crippen LogP contribution in [-0.2, 0) is 25.9 Å². The van der Waals surface area contributed by atoms with Gasteiger partial charge in [0, 0.05) is 31.0 Å². The van der Waals surface area contributed by atoms with E-state index in [-0.39, 0.29) is 5.56 Å². The molecule has 1 aliphatic rings. The predicted molar refractivity (Wildman–Crippen MR) is 71.8 cm³/mol. The normalized spacial score (nSPS) is 14.1. The lowest BCUT2D eigenvalue weighted by molar-refractivity contribution is 0.580. The van der Waals surface area contributed by atoms with E-state index in [4.69, 9.17) is 0 Å². The Kier molecular flexibility index (Phi) is 3.37. The van der Waals surface area contributed by atoms with Gasteiger partial charge in [-0.05, 0) is 31.0 Å². The summed E-state index contributed by atoms with van der Waals surface area (Å²) in [7, 11) is 0. The molecule has 0 bridgehead atoms. The van der Waals surface area contributed by atoms with Gasteiger partial charge >= 0.3 is 0 Å². The summed E-state index contributed by atoms with van der Waals surface area (Å²) >= 11 is 0. The summed E-state index contributed by atoms with van der Waals surface area (Å²) in [4.78, 5) is 20.8. The quantitative estimate of drug-likeness (QED) is 0.870. The minimum absolute atomic E-state index is 0.107. The molecule has 98 valence electrons. The van der Waals surface area contributed by atoms with Crippen molar-refractivity contribution in [1.29, 1.82) is 0 Å². The first-order valence-electron chi connectivity index (χ1n) is 6.51. The van der Waals surface area contributed by atoms with Crippen molar-refractivity contribution < 1.29 is 0 Å². The first kappa shape index (κ1) is 12.0. The molecule has 1 N–H and O–H groups in total. The van der Waals surface area contributed by atoms with Crippen LogP contribution in [-0.4, -0.2) is 21.1 Å². The van der Waals surface area contributed by atoms with Crippen LogP contribution in [0.3, 0.4) is 0 Å². The molecule has 0 amide bonds.